The van der Waals surface area contributed by atoms with Gasteiger partial charge in [0, 0.05) is 18.0 Å². The molecule has 0 aliphatic heterocycles. The van der Waals surface area contributed by atoms with Gasteiger partial charge in [-0.3, -0.25) is 19.9 Å². The SMILES string of the molecule is Cc1cccc(Cl)c1NC(=O)c1cnc(NC(=O)c2ccncc2)s1. The normalized spacial score (nSPS) is 10.3. The quantitative estimate of drug-likeness (QED) is 0.724. The Hall–Kier alpha value is -2.77. The van der Waals surface area contributed by atoms with Gasteiger partial charge in [0.15, 0.2) is 5.13 Å². The van der Waals surface area contributed by atoms with Crippen molar-refractivity contribution in [3.05, 3.63) is 69.9 Å². The highest BCUT2D eigenvalue weighted by Gasteiger charge is 2.15. The van der Waals surface area contributed by atoms with Gasteiger partial charge in [0.2, 0.25) is 0 Å². The summed E-state index contributed by atoms with van der Waals surface area (Å²) in [7, 11) is 0. The molecule has 6 nitrogen and oxygen atoms in total. The molecule has 0 saturated heterocycles. The van der Waals surface area contributed by atoms with Crippen molar-refractivity contribution < 1.29 is 9.59 Å². The highest BCUT2D eigenvalue weighted by molar-refractivity contribution is 7.17. The van der Waals surface area contributed by atoms with Gasteiger partial charge in [-0.05, 0) is 30.7 Å². The Balaban J connectivity index is 1.71. The number of hydrogen-bond donors (Lipinski definition) is 2. The number of aryl methyl sites for hydroxylation is 1. The number of nitrogens with one attached hydrogen (secondary N) is 2. The summed E-state index contributed by atoms with van der Waals surface area (Å²) in [6.45, 7) is 1.86. The number of carbonyl (C=O) groups is 2. The summed E-state index contributed by atoms with van der Waals surface area (Å²) in [6.07, 6.45) is 4.47. The first-order chi connectivity index (χ1) is 12.0. The van der Waals surface area contributed by atoms with Gasteiger partial charge in [-0.25, -0.2) is 4.98 Å². The molecule has 0 aliphatic carbocycles. The molecule has 0 fully saturated rings. The molecular weight excluding hydrogens is 360 g/mol. The van der Waals surface area contributed by atoms with Crippen molar-refractivity contribution in [1.29, 1.82) is 0 Å². The van der Waals surface area contributed by atoms with Crippen LogP contribution in [0.25, 0.3) is 0 Å². The third-order valence-corrected chi connectivity index (χ3v) is 4.58. The topological polar surface area (TPSA) is 84.0 Å². The molecular formula is C17H13ClN4O2S. The second-order valence-corrected chi connectivity index (χ2v) is 6.54. The average Bonchev–Trinajstić information content (AvgIpc) is 3.07. The van der Waals surface area contributed by atoms with E-state index in [-0.39, 0.29) is 11.8 Å². The van der Waals surface area contributed by atoms with Crippen LogP contribution >= 0.6 is 22.9 Å². The zero-order valence-corrected chi connectivity index (χ0v) is 14.7. The number of rotatable bonds is 4. The van der Waals surface area contributed by atoms with Crippen molar-refractivity contribution >= 4 is 45.6 Å². The lowest BCUT2D eigenvalue weighted by molar-refractivity contribution is 0.102. The molecule has 2 aromatic heterocycles. The summed E-state index contributed by atoms with van der Waals surface area (Å²) in [5.41, 5.74) is 1.88. The first-order valence-electron chi connectivity index (χ1n) is 7.28. The zero-order valence-electron chi connectivity index (χ0n) is 13.1. The van der Waals surface area contributed by atoms with Gasteiger partial charge < -0.3 is 5.32 Å². The van der Waals surface area contributed by atoms with Crippen LogP contribution < -0.4 is 10.6 Å². The fourth-order valence-electron chi connectivity index (χ4n) is 2.07. The number of nitrogens with zero attached hydrogens (tertiary/aromatic N) is 2. The van der Waals surface area contributed by atoms with E-state index >= 15 is 0 Å². The van der Waals surface area contributed by atoms with Crippen LogP contribution in [0.5, 0.6) is 0 Å². The Morgan fingerprint density at radius 2 is 1.84 bits per heavy atom. The summed E-state index contributed by atoms with van der Waals surface area (Å²) in [5, 5.41) is 6.22. The molecule has 25 heavy (non-hydrogen) atoms. The Kier molecular flexibility index (Phi) is 5.06. The van der Waals surface area contributed by atoms with Crippen LogP contribution in [0.4, 0.5) is 10.8 Å². The van der Waals surface area contributed by atoms with Gasteiger partial charge in [0.05, 0.1) is 16.9 Å². The van der Waals surface area contributed by atoms with Gasteiger partial charge in [0.25, 0.3) is 11.8 Å². The number of amides is 2. The molecule has 2 amide bonds. The van der Waals surface area contributed by atoms with E-state index in [1.165, 1.54) is 18.6 Å². The highest BCUT2D eigenvalue weighted by atomic mass is 35.5. The molecule has 0 spiro atoms. The maximum Gasteiger partial charge on any atom is 0.267 e. The maximum atomic E-state index is 12.4. The van der Waals surface area contributed by atoms with E-state index in [4.69, 9.17) is 11.6 Å². The Labute approximate surface area is 152 Å². The van der Waals surface area contributed by atoms with Gasteiger partial charge >= 0.3 is 0 Å². The minimum atomic E-state index is -0.335. The molecule has 0 bridgehead atoms. The third-order valence-electron chi connectivity index (χ3n) is 3.35. The average molecular weight is 373 g/mol. The predicted octanol–water partition coefficient (Wildman–Crippen LogP) is 4.00. The smallest absolute Gasteiger partial charge is 0.267 e. The van der Waals surface area contributed by atoms with Crippen molar-refractivity contribution in [2.75, 3.05) is 10.6 Å². The summed E-state index contributed by atoms with van der Waals surface area (Å²) in [4.78, 5) is 32.7. The van der Waals surface area contributed by atoms with Gasteiger partial charge in [0.1, 0.15) is 4.88 Å². The van der Waals surface area contributed by atoms with Crippen LogP contribution in [0.15, 0.2) is 48.9 Å². The minimum Gasteiger partial charge on any atom is -0.320 e. The number of pyridine rings is 1. The maximum absolute atomic E-state index is 12.4. The summed E-state index contributed by atoms with van der Waals surface area (Å²) >= 11 is 7.20. The molecule has 1 aromatic carbocycles. The number of carbonyl (C=O) groups excluding carboxylic acids is 2. The van der Waals surface area contributed by atoms with Gasteiger partial charge in [-0.2, -0.15) is 0 Å². The fraction of sp³-hybridized carbons (Fsp3) is 0.0588. The molecule has 0 unspecified atom stereocenters. The van der Waals surface area contributed by atoms with E-state index in [2.05, 4.69) is 20.6 Å². The molecule has 3 rings (SSSR count). The van der Waals surface area contributed by atoms with Crippen molar-refractivity contribution in [3.63, 3.8) is 0 Å². The summed E-state index contributed by atoms with van der Waals surface area (Å²) in [6, 6.07) is 8.56. The van der Waals surface area contributed by atoms with Crippen LogP contribution in [0.2, 0.25) is 5.02 Å². The second kappa shape index (κ2) is 7.42. The summed E-state index contributed by atoms with van der Waals surface area (Å²) < 4.78 is 0. The predicted molar refractivity (Wildman–Crippen MR) is 98.4 cm³/mol. The van der Waals surface area contributed by atoms with Gasteiger partial charge in [-0.1, -0.05) is 35.1 Å². The molecule has 0 saturated carbocycles. The van der Waals surface area contributed by atoms with Crippen LogP contribution in [-0.2, 0) is 0 Å². The molecule has 2 N–H and O–H groups in total. The first kappa shape index (κ1) is 17.1. The summed E-state index contributed by atoms with van der Waals surface area (Å²) in [5.74, 6) is -0.649. The third kappa shape index (κ3) is 4.01. The number of benzene rings is 1. The lowest BCUT2D eigenvalue weighted by atomic mass is 10.2. The highest BCUT2D eigenvalue weighted by Crippen LogP contribution is 2.27. The Morgan fingerprint density at radius 3 is 2.56 bits per heavy atom. The van der Waals surface area contributed by atoms with E-state index in [9.17, 15) is 9.59 Å². The van der Waals surface area contributed by atoms with E-state index < -0.39 is 0 Å². The largest absolute Gasteiger partial charge is 0.320 e. The number of thiazole rings is 1. The molecule has 8 heteroatoms. The molecule has 2 heterocycles. The lowest BCUT2D eigenvalue weighted by Crippen LogP contribution is -2.12. The molecule has 126 valence electrons. The van der Waals surface area contributed by atoms with E-state index in [0.29, 0.717) is 26.3 Å². The standard InChI is InChI=1S/C17H13ClN4O2S/c1-10-3-2-4-12(18)14(10)21-16(24)13-9-20-17(25-13)22-15(23)11-5-7-19-8-6-11/h2-9H,1H3,(H,21,24)(H,20,22,23). The van der Waals surface area contributed by atoms with Crippen LogP contribution in [0.3, 0.4) is 0 Å². The molecule has 0 aliphatic rings. The van der Waals surface area contributed by atoms with Crippen LogP contribution in [0.1, 0.15) is 25.6 Å². The Bertz CT molecular complexity index is 907. The number of hydrogen-bond acceptors (Lipinski definition) is 5. The van der Waals surface area contributed by atoms with Crippen molar-refractivity contribution in [2.45, 2.75) is 6.92 Å². The van der Waals surface area contributed by atoms with E-state index in [1.807, 2.05) is 19.1 Å². The van der Waals surface area contributed by atoms with Gasteiger partial charge in [-0.15, -0.1) is 0 Å². The lowest BCUT2D eigenvalue weighted by Gasteiger charge is -2.08. The van der Waals surface area contributed by atoms with E-state index in [1.54, 1.807) is 18.2 Å². The minimum absolute atomic E-state index is 0.314. The van der Waals surface area contributed by atoms with Crippen molar-refractivity contribution in [2.24, 2.45) is 0 Å². The number of aromatic nitrogens is 2. The molecule has 0 atom stereocenters. The monoisotopic (exact) mass is 372 g/mol. The number of halogens is 1. The van der Waals surface area contributed by atoms with Crippen molar-refractivity contribution in [3.8, 4) is 0 Å². The van der Waals surface area contributed by atoms with Crippen molar-refractivity contribution in [1.82, 2.24) is 9.97 Å². The van der Waals surface area contributed by atoms with Crippen LogP contribution in [0, 0.1) is 6.92 Å². The molecule has 0 radical (unpaired) electrons. The molecule has 3 aromatic rings. The Morgan fingerprint density at radius 1 is 1.08 bits per heavy atom. The second-order valence-electron chi connectivity index (χ2n) is 5.11. The number of anilines is 2. The van der Waals surface area contributed by atoms with Crippen LogP contribution in [-0.4, -0.2) is 21.8 Å². The first-order valence-corrected chi connectivity index (χ1v) is 8.47. The van der Waals surface area contributed by atoms with E-state index in [0.717, 1.165) is 16.9 Å². The zero-order chi connectivity index (χ0) is 17.8. The number of para-hydroxylation sites is 1. The fourth-order valence-corrected chi connectivity index (χ4v) is 3.05.